The van der Waals surface area contributed by atoms with Crippen molar-refractivity contribution in [1.29, 1.82) is 0 Å². The summed E-state index contributed by atoms with van der Waals surface area (Å²) in [4.78, 5) is 11.3. The maximum atomic E-state index is 11.3. The molecular formula is C13H19NO4. The third-order valence-corrected chi connectivity index (χ3v) is 2.10. The van der Waals surface area contributed by atoms with Crippen molar-refractivity contribution >= 4 is 5.91 Å². The van der Waals surface area contributed by atoms with E-state index in [2.05, 4.69) is 5.32 Å². The van der Waals surface area contributed by atoms with Gasteiger partial charge in [0.25, 0.3) is 5.91 Å². The van der Waals surface area contributed by atoms with Crippen molar-refractivity contribution in [2.45, 2.75) is 20.0 Å². The molecule has 0 radical (unpaired) electrons. The van der Waals surface area contributed by atoms with Gasteiger partial charge in [0.2, 0.25) is 0 Å². The minimum absolute atomic E-state index is 0.0687. The predicted molar refractivity (Wildman–Crippen MR) is 67.8 cm³/mol. The molecule has 2 N–H and O–H groups in total. The molecule has 0 fully saturated rings. The standard InChI is InChI=1S/C13H19NO4/c1-3-17-11-4-6-12(7-5-11)18-9-13(16)14-8-10(2)15/h4-7,10,15H,3,8-9H2,1-2H3,(H,14,16)/t10-/m1/s1. The average Bonchev–Trinajstić information content (AvgIpc) is 2.36. The third-order valence-electron chi connectivity index (χ3n) is 2.10. The van der Waals surface area contributed by atoms with Crippen molar-refractivity contribution in [1.82, 2.24) is 5.32 Å². The van der Waals surface area contributed by atoms with Gasteiger partial charge in [-0.15, -0.1) is 0 Å². The second-order valence-corrected chi connectivity index (χ2v) is 3.85. The molecule has 1 atom stereocenters. The van der Waals surface area contributed by atoms with Crippen LogP contribution in [-0.2, 0) is 4.79 Å². The number of hydrogen-bond donors (Lipinski definition) is 2. The van der Waals surface area contributed by atoms with E-state index in [4.69, 9.17) is 14.6 Å². The highest BCUT2D eigenvalue weighted by Crippen LogP contribution is 2.17. The Balaban J connectivity index is 2.32. The molecule has 0 aromatic heterocycles. The molecule has 1 amide bonds. The number of nitrogens with one attached hydrogen (secondary N) is 1. The van der Waals surface area contributed by atoms with E-state index in [1.54, 1.807) is 31.2 Å². The van der Waals surface area contributed by atoms with Gasteiger partial charge in [0.05, 0.1) is 12.7 Å². The molecule has 5 heteroatoms. The summed E-state index contributed by atoms with van der Waals surface area (Å²) in [5.74, 6) is 1.11. The van der Waals surface area contributed by atoms with Crippen molar-refractivity contribution in [2.24, 2.45) is 0 Å². The molecule has 0 saturated heterocycles. The van der Waals surface area contributed by atoms with Crippen LogP contribution < -0.4 is 14.8 Å². The van der Waals surface area contributed by atoms with Crippen LogP contribution >= 0.6 is 0 Å². The summed E-state index contributed by atoms with van der Waals surface area (Å²) in [6.07, 6.45) is -0.556. The zero-order valence-electron chi connectivity index (χ0n) is 10.7. The lowest BCUT2D eigenvalue weighted by Crippen LogP contribution is -2.34. The number of aliphatic hydroxyl groups excluding tert-OH is 1. The van der Waals surface area contributed by atoms with Gasteiger partial charge >= 0.3 is 0 Å². The van der Waals surface area contributed by atoms with Crippen molar-refractivity contribution in [3.8, 4) is 11.5 Å². The van der Waals surface area contributed by atoms with Gasteiger partial charge in [-0.2, -0.15) is 0 Å². The Hall–Kier alpha value is -1.75. The quantitative estimate of drug-likeness (QED) is 0.759. The molecule has 0 heterocycles. The molecule has 0 saturated carbocycles. The summed E-state index contributed by atoms with van der Waals surface area (Å²) >= 11 is 0. The molecule has 1 aromatic rings. The van der Waals surface area contributed by atoms with E-state index in [9.17, 15) is 4.79 Å². The van der Waals surface area contributed by atoms with Crippen molar-refractivity contribution in [3.63, 3.8) is 0 Å². The zero-order chi connectivity index (χ0) is 13.4. The number of aliphatic hydroxyl groups is 1. The summed E-state index contributed by atoms with van der Waals surface area (Å²) in [5.41, 5.74) is 0. The lowest BCUT2D eigenvalue weighted by atomic mass is 10.3. The molecule has 100 valence electrons. The van der Waals surface area contributed by atoms with Crippen molar-refractivity contribution < 1.29 is 19.4 Å². The Morgan fingerprint density at radius 2 is 1.83 bits per heavy atom. The first-order valence-corrected chi connectivity index (χ1v) is 5.92. The first kappa shape index (κ1) is 14.3. The Labute approximate surface area is 107 Å². The SMILES string of the molecule is CCOc1ccc(OCC(=O)NC[C@@H](C)O)cc1. The van der Waals surface area contributed by atoms with Gasteiger partial charge < -0.3 is 19.9 Å². The maximum absolute atomic E-state index is 11.3. The van der Waals surface area contributed by atoms with E-state index < -0.39 is 6.10 Å². The zero-order valence-corrected chi connectivity index (χ0v) is 10.7. The normalized spacial score (nSPS) is 11.7. The van der Waals surface area contributed by atoms with Gasteiger partial charge in [0.1, 0.15) is 11.5 Å². The highest BCUT2D eigenvalue weighted by atomic mass is 16.5. The van der Waals surface area contributed by atoms with Crippen LogP contribution in [0, 0.1) is 0 Å². The lowest BCUT2D eigenvalue weighted by molar-refractivity contribution is -0.123. The molecule has 0 unspecified atom stereocenters. The van der Waals surface area contributed by atoms with Crippen LogP contribution in [-0.4, -0.2) is 36.9 Å². The van der Waals surface area contributed by atoms with Gasteiger partial charge in [-0.1, -0.05) is 0 Å². The maximum Gasteiger partial charge on any atom is 0.258 e. The number of carbonyl (C=O) groups is 1. The fourth-order valence-corrected chi connectivity index (χ4v) is 1.26. The minimum Gasteiger partial charge on any atom is -0.494 e. The predicted octanol–water partition coefficient (Wildman–Crippen LogP) is 0.961. The van der Waals surface area contributed by atoms with E-state index in [0.717, 1.165) is 5.75 Å². The number of carbonyl (C=O) groups excluding carboxylic acids is 1. The molecule has 1 rings (SSSR count). The number of rotatable bonds is 7. The monoisotopic (exact) mass is 253 g/mol. The smallest absolute Gasteiger partial charge is 0.258 e. The van der Waals surface area contributed by atoms with Crippen LogP contribution in [0.1, 0.15) is 13.8 Å². The molecule has 0 aliphatic carbocycles. The Morgan fingerprint density at radius 3 is 2.33 bits per heavy atom. The Kier molecular flexibility index (Phi) is 6.00. The summed E-state index contributed by atoms with van der Waals surface area (Å²) in [6, 6.07) is 7.05. The largest absolute Gasteiger partial charge is 0.494 e. The number of amides is 1. The van der Waals surface area contributed by atoms with Crippen LogP contribution in [0.3, 0.4) is 0 Å². The molecule has 0 spiro atoms. The van der Waals surface area contributed by atoms with Gasteiger partial charge in [-0.25, -0.2) is 0 Å². The van der Waals surface area contributed by atoms with Crippen molar-refractivity contribution in [3.05, 3.63) is 24.3 Å². The highest BCUT2D eigenvalue weighted by molar-refractivity contribution is 5.77. The number of ether oxygens (including phenoxy) is 2. The molecule has 0 aliphatic heterocycles. The van der Waals surface area contributed by atoms with Crippen LogP contribution in [0.25, 0.3) is 0 Å². The van der Waals surface area contributed by atoms with Gasteiger partial charge in [-0.3, -0.25) is 4.79 Å². The van der Waals surface area contributed by atoms with Crippen LogP contribution in [0.5, 0.6) is 11.5 Å². The Morgan fingerprint density at radius 1 is 1.28 bits per heavy atom. The average molecular weight is 253 g/mol. The van der Waals surface area contributed by atoms with Gasteiger partial charge in [0.15, 0.2) is 6.61 Å². The van der Waals surface area contributed by atoms with Crippen LogP contribution in [0.4, 0.5) is 0 Å². The molecule has 18 heavy (non-hydrogen) atoms. The Bertz CT molecular complexity index is 362. The summed E-state index contributed by atoms with van der Waals surface area (Å²) in [5, 5.41) is 11.5. The van der Waals surface area contributed by atoms with E-state index in [0.29, 0.717) is 12.4 Å². The van der Waals surface area contributed by atoms with Crippen LogP contribution in [0.2, 0.25) is 0 Å². The number of benzene rings is 1. The third kappa shape index (κ3) is 5.54. The molecular weight excluding hydrogens is 234 g/mol. The second kappa shape index (κ2) is 7.55. The summed E-state index contributed by atoms with van der Waals surface area (Å²) in [6.45, 7) is 4.29. The number of hydrogen-bond acceptors (Lipinski definition) is 4. The van der Waals surface area contributed by atoms with Crippen LogP contribution in [0.15, 0.2) is 24.3 Å². The van der Waals surface area contributed by atoms with E-state index in [1.165, 1.54) is 0 Å². The van der Waals surface area contributed by atoms with E-state index in [1.807, 2.05) is 6.92 Å². The molecule has 1 aromatic carbocycles. The summed E-state index contributed by atoms with van der Waals surface area (Å²) in [7, 11) is 0. The molecule has 0 bridgehead atoms. The summed E-state index contributed by atoms with van der Waals surface area (Å²) < 4.78 is 10.6. The van der Waals surface area contributed by atoms with Gasteiger partial charge in [-0.05, 0) is 38.1 Å². The topological polar surface area (TPSA) is 67.8 Å². The second-order valence-electron chi connectivity index (χ2n) is 3.85. The van der Waals surface area contributed by atoms with Gasteiger partial charge in [0, 0.05) is 6.54 Å². The first-order chi connectivity index (χ1) is 8.61. The molecule has 5 nitrogen and oxygen atoms in total. The lowest BCUT2D eigenvalue weighted by Gasteiger charge is -2.09. The molecule has 0 aliphatic rings. The highest BCUT2D eigenvalue weighted by Gasteiger charge is 2.04. The fraction of sp³-hybridized carbons (Fsp3) is 0.462. The first-order valence-electron chi connectivity index (χ1n) is 5.92. The minimum atomic E-state index is -0.556. The van der Waals surface area contributed by atoms with E-state index in [-0.39, 0.29) is 19.1 Å². The van der Waals surface area contributed by atoms with Crippen molar-refractivity contribution in [2.75, 3.05) is 19.8 Å². The fourth-order valence-electron chi connectivity index (χ4n) is 1.26. The van der Waals surface area contributed by atoms with E-state index >= 15 is 0 Å².